The molecule has 0 saturated heterocycles. The van der Waals surface area contributed by atoms with Crippen molar-refractivity contribution in [3.63, 3.8) is 0 Å². The van der Waals surface area contributed by atoms with Gasteiger partial charge in [-0.25, -0.2) is 0 Å². The van der Waals surface area contributed by atoms with E-state index in [1.54, 1.807) is 6.20 Å². The molecular weight excluding hydrogens is 400 g/mol. The summed E-state index contributed by atoms with van der Waals surface area (Å²) in [6, 6.07) is 24.2. The fourth-order valence-electron chi connectivity index (χ4n) is 3.66. The molecule has 2 aromatic carbocycles. The number of nitrogens with zero attached hydrogens (tertiary/aromatic N) is 1. The van der Waals surface area contributed by atoms with Crippen molar-refractivity contribution in [3.8, 4) is 0 Å². The van der Waals surface area contributed by atoms with Crippen molar-refractivity contribution in [2.45, 2.75) is 43.3 Å². The van der Waals surface area contributed by atoms with Crippen molar-refractivity contribution >= 4 is 11.8 Å². The molecule has 4 rings (SSSR count). The zero-order chi connectivity index (χ0) is 22.4. The van der Waals surface area contributed by atoms with Gasteiger partial charge in [-0.1, -0.05) is 66.7 Å². The molecule has 164 valence electrons. The highest BCUT2D eigenvalue weighted by Crippen LogP contribution is 2.32. The number of benzene rings is 2. The minimum atomic E-state index is -0.845. The van der Waals surface area contributed by atoms with Gasteiger partial charge in [0.2, 0.25) is 11.8 Å². The van der Waals surface area contributed by atoms with Gasteiger partial charge < -0.3 is 16.4 Å². The van der Waals surface area contributed by atoms with Crippen LogP contribution >= 0.6 is 0 Å². The Morgan fingerprint density at radius 2 is 1.53 bits per heavy atom. The lowest BCUT2D eigenvalue weighted by atomic mass is 9.99. The molecule has 1 fully saturated rings. The Kier molecular flexibility index (Phi) is 6.61. The maximum Gasteiger partial charge on any atom is 0.243 e. The zero-order valence-corrected chi connectivity index (χ0v) is 17.9. The maximum atomic E-state index is 13.4. The lowest BCUT2D eigenvalue weighted by Crippen LogP contribution is -2.54. The van der Waals surface area contributed by atoms with Crippen molar-refractivity contribution < 1.29 is 9.59 Å². The molecule has 2 atom stereocenters. The minimum Gasteiger partial charge on any atom is -0.347 e. The number of nitrogens with one attached hydrogen (secondary N) is 2. The lowest BCUT2D eigenvalue weighted by Gasteiger charge is -2.25. The summed E-state index contributed by atoms with van der Waals surface area (Å²) in [6.07, 6.45) is 3.96. The second-order valence-electron chi connectivity index (χ2n) is 8.37. The van der Waals surface area contributed by atoms with Gasteiger partial charge in [0.05, 0.1) is 11.6 Å². The fourth-order valence-corrected chi connectivity index (χ4v) is 3.66. The maximum absolute atomic E-state index is 13.4. The summed E-state index contributed by atoms with van der Waals surface area (Å²) in [5, 5.41) is 6.04. The third-order valence-corrected chi connectivity index (χ3v) is 5.80. The molecule has 32 heavy (non-hydrogen) atoms. The Morgan fingerprint density at radius 1 is 0.875 bits per heavy atom. The van der Waals surface area contributed by atoms with E-state index in [-0.39, 0.29) is 17.9 Å². The van der Waals surface area contributed by atoms with Crippen LogP contribution in [0.5, 0.6) is 0 Å². The molecule has 0 aliphatic heterocycles. The predicted octanol–water partition coefficient (Wildman–Crippen LogP) is 2.70. The molecule has 4 N–H and O–H groups in total. The van der Waals surface area contributed by atoms with Crippen LogP contribution in [-0.2, 0) is 22.4 Å². The number of pyridine rings is 1. The van der Waals surface area contributed by atoms with Crippen molar-refractivity contribution in [2.24, 2.45) is 5.73 Å². The van der Waals surface area contributed by atoms with Crippen LogP contribution in [0.15, 0.2) is 85.1 Å². The number of hydrogen-bond acceptors (Lipinski definition) is 4. The van der Waals surface area contributed by atoms with E-state index in [1.807, 2.05) is 78.9 Å². The van der Waals surface area contributed by atoms with Crippen LogP contribution in [0.25, 0.3) is 0 Å². The van der Waals surface area contributed by atoms with Gasteiger partial charge in [0, 0.05) is 24.7 Å². The first-order chi connectivity index (χ1) is 15.5. The number of rotatable bonds is 9. The average molecular weight is 429 g/mol. The SMILES string of the molecule is NC1(C(=O)N[C@@H](Cc2ccccc2)C(=O)NC(Cc2ccccn2)c2ccccc2)CC1. The summed E-state index contributed by atoms with van der Waals surface area (Å²) < 4.78 is 0. The molecule has 1 saturated carbocycles. The minimum absolute atomic E-state index is 0.240. The highest BCUT2D eigenvalue weighted by molar-refractivity contribution is 5.94. The van der Waals surface area contributed by atoms with Crippen molar-refractivity contribution in [1.29, 1.82) is 0 Å². The molecule has 3 aromatic rings. The van der Waals surface area contributed by atoms with Crippen LogP contribution in [0, 0.1) is 0 Å². The smallest absolute Gasteiger partial charge is 0.243 e. The topological polar surface area (TPSA) is 97.1 Å². The second kappa shape index (κ2) is 9.75. The molecule has 0 radical (unpaired) electrons. The highest BCUT2D eigenvalue weighted by atomic mass is 16.2. The molecule has 1 heterocycles. The third-order valence-electron chi connectivity index (χ3n) is 5.80. The number of aromatic nitrogens is 1. The molecule has 1 aliphatic rings. The number of amides is 2. The number of nitrogens with two attached hydrogens (primary N) is 1. The molecular formula is C26H28N4O2. The molecule has 1 aromatic heterocycles. The largest absolute Gasteiger partial charge is 0.347 e. The molecule has 6 heteroatoms. The van der Waals surface area contributed by atoms with E-state index < -0.39 is 11.6 Å². The van der Waals surface area contributed by atoms with Gasteiger partial charge in [0.1, 0.15) is 6.04 Å². The van der Waals surface area contributed by atoms with E-state index >= 15 is 0 Å². The molecule has 0 bridgehead atoms. The monoisotopic (exact) mass is 428 g/mol. The number of hydrogen-bond donors (Lipinski definition) is 3. The Morgan fingerprint density at radius 3 is 2.16 bits per heavy atom. The first-order valence-corrected chi connectivity index (χ1v) is 10.9. The summed E-state index contributed by atoms with van der Waals surface area (Å²) in [6.45, 7) is 0. The zero-order valence-electron chi connectivity index (χ0n) is 17.9. The van der Waals surface area contributed by atoms with E-state index in [2.05, 4.69) is 15.6 Å². The first kappa shape index (κ1) is 21.7. The Bertz CT molecular complexity index is 1040. The molecule has 1 aliphatic carbocycles. The number of carbonyl (C=O) groups excluding carboxylic acids is 2. The quantitative estimate of drug-likeness (QED) is 0.488. The van der Waals surface area contributed by atoms with E-state index in [0.29, 0.717) is 25.7 Å². The van der Waals surface area contributed by atoms with E-state index in [1.165, 1.54) is 0 Å². The highest BCUT2D eigenvalue weighted by Gasteiger charge is 2.47. The van der Waals surface area contributed by atoms with Crippen LogP contribution in [0.3, 0.4) is 0 Å². The summed E-state index contributed by atoms with van der Waals surface area (Å²) in [5.74, 6) is -0.509. The summed E-state index contributed by atoms with van der Waals surface area (Å²) in [5.41, 5.74) is 8.06. The second-order valence-corrected chi connectivity index (χ2v) is 8.37. The van der Waals surface area contributed by atoms with Crippen LogP contribution in [0.4, 0.5) is 0 Å². The van der Waals surface area contributed by atoms with Gasteiger partial charge in [-0.05, 0) is 36.1 Å². The van der Waals surface area contributed by atoms with E-state index in [9.17, 15) is 9.59 Å². The van der Waals surface area contributed by atoms with Gasteiger partial charge in [-0.2, -0.15) is 0 Å². The first-order valence-electron chi connectivity index (χ1n) is 10.9. The lowest BCUT2D eigenvalue weighted by molar-refractivity contribution is -0.130. The molecule has 0 spiro atoms. The summed E-state index contributed by atoms with van der Waals surface area (Å²) in [7, 11) is 0. The van der Waals surface area contributed by atoms with Crippen LogP contribution < -0.4 is 16.4 Å². The van der Waals surface area contributed by atoms with Gasteiger partial charge in [0.15, 0.2) is 0 Å². The van der Waals surface area contributed by atoms with E-state index in [0.717, 1.165) is 16.8 Å². The van der Waals surface area contributed by atoms with Crippen molar-refractivity contribution in [1.82, 2.24) is 15.6 Å². The normalized spacial score (nSPS) is 15.9. The van der Waals surface area contributed by atoms with Gasteiger partial charge >= 0.3 is 0 Å². The standard InChI is InChI=1S/C26H28N4O2/c27-26(14-15-26)25(32)30-23(17-19-9-3-1-4-10-19)24(31)29-22(20-11-5-2-6-12-20)18-21-13-7-8-16-28-21/h1-13,16,22-23H,14-15,17-18,27H2,(H,29,31)(H,30,32)/t22?,23-/m0/s1. The van der Waals surface area contributed by atoms with Gasteiger partial charge in [-0.15, -0.1) is 0 Å². The van der Waals surface area contributed by atoms with Gasteiger partial charge in [0.25, 0.3) is 0 Å². The third kappa shape index (κ3) is 5.59. The average Bonchev–Trinajstić information content (AvgIpc) is 3.59. The predicted molar refractivity (Wildman–Crippen MR) is 123 cm³/mol. The Hall–Kier alpha value is -3.51. The summed E-state index contributed by atoms with van der Waals surface area (Å²) >= 11 is 0. The molecule has 1 unspecified atom stereocenters. The van der Waals surface area contributed by atoms with Crippen LogP contribution in [0.1, 0.15) is 35.7 Å². The molecule has 6 nitrogen and oxygen atoms in total. The number of carbonyl (C=O) groups is 2. The van der Waals surface area contributed by atoms with Crippen LogP contribution in [0.2, 0.25) is 0 Å². The summed E-state index contributed by atoms with van der Waals surface area (Å²) in [4.78, 5) is 30.5. The van der Waals surface area contributed by atoms with Crippen molar-refractivity contribution in [2.75, 3.05) is 0 Å². The van der Waals surface area contributed by atoms with Crippen LogP contribution in [-0.4, -0.2) is 28.4 Å². The fraction of sp³-hybridized carbons (Fsp3) is 0.269. The Balaban J connectivity index is 1.54. The van der Waals surface area contributed by atoms with Crippen molar-refractivity contribution in [3.05, 3.63) is 102 Å². The van der Waals surface area contributed by atoms with Gasteiger partial charge in [-0.3, -0.25) is 14.6 Å². The van der Waals surface area contributed by atoms with E-state index in [4.69, 9.17) is 5.73 Å². The Labute approximate surface area is 188 Å². The molecule has 2 amide bonds.